The number of nitrogens with zero attached hydrogens (tertiary/aromatic N) is 2. The van der Waals surface area contributed by atoms with Crippen LogP contribution in [0.25, 0.3) is 0 Å². The van der Waals surface area contributed by atoms with E-state index >= 15 is 0 Å². The fraction of sp³-hybridized carbons (Fsp3) is 0.346. The number of rotatable bonds is 8. The van der Waals surface area contributed by atoms with Gasteiger partial charge in [0.25, 0.3) is 5.91 Å². The molecule has 0 aliphatic carbocycles. The second-order valence-corrected chi connectivity index (χ2v) is 9.12. The highest BCUT2D eigenvalue weighted by atomic mass is 32.1. The molecule has 1 amide bonds. The summed E-state index contributed by atoms with van der Waals surface area (Å²) in [5.41, 5.74) is 1.77. The van der Waals surface area contributed by atoms with E-state index in [2.05, 4.69) is 51.7 Å². The van der Waals surface area contributed by atoms with Gasteiger partial charge in [-0.3, -0.25) is 9.69 Å². The summed E-state index contributed by atoms with van der Waals surface area (Å²) in [7, 11) is 3.28. The van der Waals surface area contributed by atoms with E-state index in [1.165, 1.54) is 10.6 Å². The minimum Gasteiger partial charge on any atom is -0.497 e. The molecule has 6 nitrogen and oxygen atoms in total. The smallest absolute Gasteiger partial charge is 0.255 e. The van der Waals surface area contributed by atoms with Crippen molar-refractivity contribution in [1.82, 2.24) is 10.2 Å². The molecule has 0 unspecified atom stereocenters. The van der Waals surface area contributed by atoms with E-state index < -0.39 is 0 Å². The Morgan fingerprint density at radius 2 is 1.67 bits per heavy atom. The fourth-order valence-corrected chi connectivity index (χ4v) is 5.41. The van der Waals surface area contributed by atoms with Gasteiger partial charge in [-0.05, 0) is 54.8 Å². The van der Waals surface area contributed by atoms with E-state index in [1.54, 1.807) is 31.6 Å². The predicted octanol–water partition coefficient (Wildman–Crippen LogP) is 4.45. The fourth-order valence-electron chi connectivity index (χ4n) is 4.45. The van der Waals surface area contributed by atoms with Crippen molar-refractivity contribution in [3.05, 3.63) is 76.5 Å². The first-order valence-corrected chi connectivity index (χ1v) is 12.1. The molecule has 1 N–H and O–H groups in total. The lowest BCUT2D eigenvalue weighted by atomic mass is 10.0. The third-order valence-electron chi connectivity index (χ3n) is 6.16. The Hall–Kier alpha value is -3.03. The molecular formula is C26H31N3O3S. The van der Waals surface area contributed by atoms with Crippen LogP contribution in [-0.2, 0) is 0 Å². The summed E-state index contributed by atoms with van der Waals surface area (Å²) in [6, 6.07) is 19.9. The lowest BCUT2D eigenvalue weighted by Crippen LogP contribution is -2.52. The number of methoxy groups -OCH3 is 2. The summed E-state index contributed by atoms with van der Waals surface area (Å²) < 4.78 is 10.7. The maximum absolute atomic E-state index is 13.1. The molecule has 7 heteroatoms. The molecule has 0 spiro atoms. The molecule has 174 valence electrons. The number of nitrogens with one attached hydrogen (secondary N) is 1. The summed E-state index contributed by atoms with van der Waals surface area (Å²) >= 11 is 1.74. The van der Waals surface area contributed by atoms with E-state index in [0.29, 0.717) is 11.3 Å². The van der Waals surface area contributed by atoms with Crippen LogP contribution in [0.1, 0.15) is 28.2 Å². The van der Waals surface area contributed by atoms with Crippen LogP contribution >= 0.6 is 11.3 Å². The number of hydrogen-bond acceptors (Lipinski definition) is 6. The number of hydrogen-bond donors (Lipinski definition) is 1. The number of ether oxygens (including phenoxy) is 2. The predicted molar refractivity (Wildman–Crippen MR) is 134 cm³/mol. The summed E-state index contributed by atoms with van der Waals surface area (Å²) in [5.74, 6) is 1.34. The highest BCUT2D eigenvalue weighted by Gasteiger charge is 2.31. The zero-order valence-corrected chi connectivity index (χ0v) is 20.2. The average molecular weight is 466 g/mol. The first-order chi connectivity index (χ1) is 16.1. The SMILES string of the molecule is COc1ccc(N2CCN([C@@H](c3cccs3)[C@H](C)NC(=O)c3ccccc3OC)CC2)cc1. The van der Waals surface area contributed by atoms with Crippen LogP contribution in [0, 0.1) is 0 Å². The van der Waals surface area contributed by atoms with Gasteiger partial charge >= 0.3 is 0 Å². The normalized spacial score (nSPS) is 16.2. The first kappa shape index (κ1) is 23.1. The number of thiophene rings is 1. The minimum atomic E-state index is -0.113. The second-order valence-electron chi connectivity index (χ2n) is 8.14. The summed E-state index contributed by atoms with van der Waals surface area (Å²) in [6.45, 7) is 5.79. The lowest BCUT2D eigenvalue weighted by Gasteiger charge is -2.42. The Morgan fingerprint density at radius 1 is 0.939 bits per heavy atom. The van der Waals surface area contributed by atoms with Crippen molar-refractivity contribution in [2.75, 3.05) is 45.3 Å². The van der Waals surface area contributed by atoms with Crippen molar-refractivity contribution in [1.29, 1.82) is 0 Å². The molecule has 2 aromatic carbocycles. The van der Waals surface area contributed by atoms with Gasteiger partial charge in [0.2, 0.25) is 0 Å². The zero-order valence-electron chi connectivity index (χ0n) is 19.4. The molecule has 3 aromatic rings. The van der Waals surface area contributed by atoms with Gasteiger partial charge in [-0.2, -0.15) is 0 Å². The molecule has 2 heterocycles. The second kappa shape index (κ2) is 10.7. The van der Waals surface area contributed by atoms with Gasteiger partial charge in [0, 0.05) is 42.8 Å². The molecule has 1 saturated heterocycles. The number of para-hydroxylation sites is 1. The van der Waals surface area contributed by atoms with Crippen LogP contribution in [0.5, 0.6) is 11.5 Å². The molecule has 0 saturated carbocycles. The van der Waals surface area contributed by atoms with Crippen molar-refractivity contribution in [2.24, 2.45) is 0 Å². The van der Waals surface area contributed by atoms with E-state index in [1.807, 2.05) is 30.3 Å². The highest BCUT2D eigenvalue weighted by Crippen LogP contribution is 2.31. The van der Waals surface area contributed by atoms with Crippen molar-refractivity contribution in [3.8, 4) is 11.5 Å². The van der Waals surface area contributed by atoms with Gasteiger partial charge in [-0.25, -0.2) is 0 Å². The standard InChI is InChI=1S/C26H31N3O3S/c1-19(27-26(30)22-7-4-5-8-23(22)32-3)25(24-9-6-18-33-24)29-16-14-28(15-17-29)20-10-12-21(31-2)13-11-20/h4-13,18-19,25H,14-17H2,1-3H3,(H,27,30)/t19-,25+/m0/s1. The molecule has 4 rings (SSSR count). The molecule has 33 heavy (non-hydrogen) atoms. The van der Waals surface area contributed by atoms with Gasteiger partial charge in [0.15, 0.2) is 0 Å². The van der Waals surface area contributed by atoms with Crippen LogP contribution < -0.4 is 19.7 Å². The zero-order chi connectivity index (χ0) is 23.2. The van der Waals surface area contributed by atoms with Crippen LogP contribution in [0.15, 0.2) is 66.0 Å². The number of carbonyl (C=O) groups is 1. The van der Waals surface area contributed by atoms with Gasteiger partial charge < -0.3 is 19.7 Å². The Morgan fingerprint density at radius 3 is 2.30 bits per heavy atom. The van der Waals surface area contributed by atoms with E-state index in [-0.39, 0.29) is 18.0 Å². The topological polar surface area (TPSA) is 54.0 Å². The first-order valence-electron chi connectivity index (χ1n) is 11.2. The van der Waals surface area contributed by atoms with Crippen molar-refractivity contribution in [2.45, 2.75) is 19.0 Å². The van der Waals surface area contributed by atoms with E-state index in [9.17, 15) is 4.79 Å². The van der Waals surface area contributed by atoms with E-state index in [4.69, 9.17) is 9.47 Å². The lowest BCUT2D eigenvalue weighted by molar-refractivity contribution is 0.0887. The molecule has 1 fully saturated rings. The Bertz CT molecular complexity index is 1030. The van der Waals surface area contributed by atoms with Crippen LogP contribution in [0.3, 0.4) is 0 Å². The number of piperazine rings is 1. The maximum atomic E-state index is 13.1. The van der Waals surface area contributed by atoms with Crippen LogP contribution in [0.2, 0.25) is 0 Å². The third kappa shape index (κ3) is 5.31. The Balaban J connectivity index is 1.46. The third-order valence-corrected chi connectivity index (χ3v) is 7.11. The highest BCUT2D eigenvalue weighted by molar-refractivity contribution is 7.10. The van der Waals surface area contributed by atoms with Gasteiger partial charge in [0.1, 0.15) is 11.5 Å². The monoisotopic (exact) mass is 465 g/mol. The maximum Gasteiger partial charge on any atom is 0.255 e. The average Bonchev–Trinajstić information content (AvgIpc) is 3.39. The van der Waals surface area contributed by atoms with Crippen molar-refractivity contribution < 1.29 is 14.3 Å². The summed E-state index contributed by atoms with van der Waals surface area (Å²) in [6.07, 6.45) is 0. The molecule has 2 atom stereocenters. The number of amides is 1. The van der Waals surface area contributed by atoms with Crippen molar-refractivity contribution >= 4 is 22.9 Å². The molecule has 0 radical (unpaired) electrons. The Kier molecular flexibility index (Phi) is 7.52. The van der Waals surface area contributed by atoms with Gasteiger partial charge in [-0.1, -0.05) is 18.2 Å². The largest absolute Gasteiger partial charge is 0.497 e. The van der Waals surface area contributed by atoms with Gasteiger partial charge in [0.05, 0.1) is 25.8 Å². The van der Waals surface area contributed by atoms with Crippen LogP contribution in [-0.4, -0.2) is 57.2 Å². The quantitative estimate of drug-likeness (QED) is 0.533. The number of carbonyl (C=O) groups excluding carboxylic acids is 1. The number of anilines is 1. The summed E-state index contributed by atoms with van der Waals surface area (Å²) in [5, 5.41) is 5.33. The molecule has 1 aromatic heterocycles. The Labute approximate surface area is 199 Å². The van der Waals surface area contributed by atoms with Crippen LogP contribution in [0.4, 0.5) is 5.69 Å². The minimum absolute atomic E-state index is 0.0615. The summed E-state index contributed by atoms with van der Waals surface area (Å²) in [4.78, 5) is 19.2. The molecule has 1 aliphatic rings. The molecular weight excluding hydrogens is 434 g/mol. The van der Waals surface area contributed by atoms with Gasteiger partial charge in [-0.15, -0.1) is 11.3 Å². The number of benzene rings is 2. The van der Waals surface area contributed by atoms with Crippen molar-refractivity contribution in [3.63, 3.8) is 0 Å². The molecule has 0 bridgehead atoms. The molecule has 1 aliphatic heterocycles. The van der Waals surface area contributed by atoms with E-state index in [0.717, 1.165) is 31.9 Å².